The van der Waals surface area contributed by atoms with E-state index >= 15 is 0 Å². The van der Waals surface area contributed by atoms with Gasteiger partial charge < -0.3 is 15.1 Å². The van der Waals surface area contributed by atoms with Crippen LogP contribution < -0.4 is 10.2 Å². The monoisotopic (exact) mass is 538 g/mol. The van der Waals surface area contributed by atoms with E-state index in [-0.39, 0.29) is 18.0 Å². The standard InChI is InChI=1S/C28H26F4N6O/c1-16(20-5-4-6-22(23(20)29)28(30,31)32)34-25-21-14-38(19-9-7-18(13-33)8-10-19)26(39)27(11-12-37(3)15-27)24(21)35-17(2)36-25/h4-10,16H,11-12,14-15H2,1-3H3,(H,34,35,36)/t16-,27?/m1/s1. The SMILES string of the molecule is Cc1nc(N[C@H](C)c2cccc(C(F)(F)F)c2F)c2c(n1)C1(CCN(C)C1)C(=O)N(c1ccc(C#N)cc1)C2. The molecule has 3 heterocycles. The van der Waals surface area contributed by atoms with Gasteiger partial charge in [-0.3, -0.25) is 4.79 Å². The molecule has 39 heavy (non-hydrogen) atoms. The molecule has 5 rings (SSSR count). The largest absolute Gasteiger partial charge is 0.419 e. The topological polar surface area (TPSA) is 85.2 Å². The number of likely N-dealkylation sites (tertiary alicyclic amines) is 1. The van der Waals surface area contributed by atoms with Crippen molar-refractivity contribution in [1.82, 2.24) is 14.9 Å². The molecule has 2 atom stereocenters. The smallest absolute Gasteiger partial charge is 0.363 e. The first kappa shape index (κ1) is 26.6. The number of aromatic nitrogens is 2. The fraction of sp³-hybridized carbons (Fsp3) is 0.357. The van der Waals surface area contributed by atoms with Gasteiger partial charge in [-0.05, 0) is 64.2 Å². The van der Waals surface area contributed by atoms with Crippen LogP contribution in [0.3, 0.4) is 0 Å². The summed E-state index contributed by atoms with van der Waals surface area (Å²) in [5, 5.41) is 12.3. The number of halogens is 4. The molecular weight excluding hydrogens is 512 g/mol. The van der Waals surface area contributed by atoms with E-state index in [4.69, 9.17) is 4.98 Å². The van der Waals surface area contributed by atoms with Gasteiger partial charge in [0.15, 0.2) is 0 Å². The highest BCUT2D eigenvalue weighted by atomic mass is 19.4. The number of anilines is 2. The minimum absolute atomic E-state index is 0.103. The molecule has 1 fully saturated rings. The van der Waals surface area contributed by atoms with Gasteiger partial charge in [-0.25, -0.2) is 14.4 Å². The van der Waals surface area contributed by atoms with Gasteiger partial charge in [0.25, 0.3) is 0 Å². The number of nitrogens with one attached hydrogen (secondary N) is 1. The predicted molar refractivity (Wildman–Crippen MR) is 136 cm³/mol. The minimum Gasteiger partial charge on any atom is -0.363 e. The van der Waals surface area contributed by atoms with Crippen LogP contribution in [0.15, 0.2) is 42.5 Å². The van der Waals surface area contributed by atoms with Gasteiger partial charge in [0, 0.05) is 23.4 Å². The van der Waals surface area contributed by atoms with E-state index in [9.17, 15) is 27.6 Å². The highest BCUT2D eigenvalue weighted by Gasteiger charge is 2.53. The quantitative estimate of drug-likeness (QED) is 0.465. The molecule has 1 unspecified atom stereocenters. The third-order valence-corrected chi connectivity index (χ3v) is 7.46. The molecule has 0 saturated carbocycles. The summed E-state index contributed by atoms with van der Waals surface area (Å²) in [6.45, 7) is 4.45. The van der Waals surface area contributed by atoms with E-state index in [2.05, 4.69) is 21.3 Å². The predicted octanol–water partition coefficient (Wildman–Crippen LogP) is 5.11. The number of fused-ring (bicyclic) bond motifs is 2. The first-order valence-corrected chi connectivity index (χ1v) is 12.5. The van der Waals surface area contributed by atoms with Crippen molar-refractivity contribution >= 4 is 17.4 Å². The van der Waals surface area contributed by atoms with Crippen LogP contribution in [0.25, 0.3) is 0 Å². The second kappa shape index (κ2) is 9.61. The van der Waals surface area contributed by atoms with Crippen LogP contribution in [0.2, 0.25) is 0 Å². The number of carbonyl (C=O) groups is 1. The van der Waals surface area contributed by atoms with Crippen molar-refractivity contribution in [2.24, 2.45) is 0 Å². The Hall–Kier alpha value is -4.04. The number of rotatable bonds is 4. The number of nitrogens with zero attached hydrogens (tertiary/aromatic N) is 5. The third-order valence-electron chi connectivity index (χ3n) is 7.46. The normalized spacial score (nSPS) is 20.2. The Labute approximate surface area is 223 Å². The molecule has 3 aromatic rings. The summed E-state index contributed by atoms with van der Waals surface area (Å²) in [5.41, 5.74) is -0.182. The van der Waals surface area contributed by atoms with Crippen molar-refractivity contribution in [3.8, 4) is 6.07 Å². The van der Waals surface area contributed by atoms with Crippen molar-refractivity contribution in [2.75, 3.05) is 30.4 Å². The molecule has 1 N–H and O–H groups in total. The third kappa shape index (κ3) is 4.59. The molecular formula is C28H26F4N6O. The maximum Gasteiger partial charge on any atom is 0.419 e. The van der Waals surface area contributed by atoms with Crippen molar-refractivity contribution in [1.29, 1.82) is 5.26 Å². The molecule has 11 heteroatoms. The van der Waals surface area contributed by atoms with E-state index < -0.39 is 29.0 Å². The first-order valence-electron chi connectivity index (χ1n) is 12.5. The minimum atomic E-state index is -4.83. The highest BCUT2D eigenvalue weighted by molar-refractivity contribution is 6.03. The summed E-state index contributed by atoms with van der Waals surface area (Å²) in [4.78, 5) is 27.0. The molecule has 0 radical (unpaired) electrons. The van der Waals surface area contributed by atoms with Gasteiger partial charge in [0.1, 0.15) is 22.9 Å². The summed E-state index contributed by atoms with van der Waals surface area (Å²) in [6.07, 6.45) is -4.30. The van der Waals surface area contributed by atoms with Crippen LogP contribution in [-0.4, -0.2) is 40.9 Å². The zero-order valence-corrected chi connectivity index (χ0v) is 21.6. The number of benzene rings is 2. The zero-order chi connectivity index (χ0) is 28.1. The molecule has 1 amide bonds. The fourth-order valence-electron chi connectivity index (χ4n) is 5.53. The number of nitriles is 1. The van der Waals surface area contributed by atoms with Crippen molar-refractivity contribution in [3.05, 3.63) is 82.1 Å². The molecule has 202 valence electrons. The van der Waals surface area contributed by atoms with Crippen LogP contribution in [0.5, 0.6) is 0 Å². The van der Waals surface area contributed by atoms with Gasteiger partial charge in [0.05, 0.1) is 35.5 Å². The summed E-state index contributed by atoms with van der Waals surface area (Å²) >= 11 is 0. The van der Waals surface area contributed by atoms with Crippen LogP contribution in [0.1, 0.15) is 53.2 Å². The molecule has 1 saturated heterocycles. The lowest BCUT2D eigenvalue weighted by Crippen LogP contribution is -2.53. The molecule has 1 spiro atoms. The van der Waals surface area contributed by atoms with E-state index in [0.717, 1.165) is 0 Å². The Morgan fingerprint density at radius 1 is 1.15 bits per heavy atom. The zero-order valence-electron chi connectivity index (χ0n) is 21.6. The number of hydrogen-bond acceptors (Lipinski definition) is 6. The number of alkyl halides is 3. The Morgan fingerprint density at radius 3 is 2.49 bits per heavy atom. The summed E-state index contributed by atoms with van der Waals surface area (Å²) in [5.74, 6) is -0.735. The van der Waals surface area contributed by atoms with Crippen LogP contribution >= 0.6 is 0 Å². The lowest BCUT2D eigenvalue weighted by molar-refractivity contribution is -0.140. The number of amides is 1. The number of carbonyl (C=O) groups excluding carboxylic acids is 1. The molecule has 1 aromatic heterocycles. The van der Waals surface area contributed by atoms with Gasteiger partial charge in [0.2, 0.25) is 5.91 Å². The van der Waals surface area contributed by atoms with E-state index in [0.29, 0.717) is 59.7 Å². The van der Waals surface area contributed by atoms with Gasteiger partial charge in [-0.1, -0.05) is 12.1 Å². The Bertz CT molecular complexity index is 1480. The van der Waals surface area contributed by atoms with Crippen molar-refractivity contribution in [2.45, 2.75) is 44.4 Å². The van der Waals surface area contributed by atoms with Crippen molar-refractivity contribution < 1.29 is 22.4 Å². The second-order valence-corrected chi connectivity index (χ2v) is 10.1. The summed E-state index contributed by atoms with van der Waals surface area (Å²) < 4.78 is 55.0. The van der Waals surface area contributed by atoms with Gasteiger partial charge >= 0.3 is 6.18 Å². The Balaban J connectivity index is 1.60. The van der Waals surface area contributed by atoms with Gasteiger partial charge in [-0.15, -0.1) is 0 Å². The Kier molecular flexibility index (Phi) is 6.55. The van der Waals surface area contributed by atoms with E-state index in [1.165, 1.54) is 12.1 Å². The molecule has 2 aliphatic heterocycles. The van der Waals surface area contributed by atoms with Crippen LogP contribution in [-0.2, 0) is 22.9 Å². The number of likely N-dealkylation sites (N-methyl/N-ethyl adjacent to an activating group) is 1. The maximum atomic E-state index is 14.9. The summed E-state index contributed by atoms with van der Waals surface area (Å²) in [6, 6.07) is 11.1. The molecule has 2 aromatic carbocycles. The Morgan fingerprint density at radius 2 is 1.87 bits per heavy atom. The number of hydrogen-bond donors (Lipinski definition) is 1. The lowest BCUT2D eigenvalue weighted by Gasteiger charge is -2.41. The van der Waals surface area contributed by atoms with Gasteiger partial charge in [-0.2, -0.15) is 18.4 Å². The average Bonchev–Trinajstić information content (AvgIpc) is 3.28. The molecule has 0 aliphatic carbocycles. The van der Waals surface area contributed by atoms with Crippen LogP contribution in [0.4, 0.5) is 29.1 Å². The first-order chi connectivity index (χ1) is 18.4. The second-order valence-electron chi connectivity index (χ2n) is 10.1. The average molecular weight is 539 g/mol. The molecule has 2 aliphatic rings. The van der Waals surface area contributed by atoms with E-state index in [1.54, 1.807) is 43.0 Å². The highest BCUT2D eigenvalue weighted by Crippen LogP contribution is 2.44. The lowest BCUT2D eigenvalue weighted by atomic mass is 9.76. The fourth-order valence-corrected chi connectivity index (χ4v) is 5.53. The molecule has 7 nitrogen and oxygen atoms in total. The molecule has 0 bridgehead atoms. The van der Waals surface area contributed by atoms with Crippen molar-refractivity contribution in [3.63, 3.8) is 0 Å². The number of aryl methyl sites for hydroxylation is 1. The summed E-state index contributed by atoms with van der Waals surface area (Å²) in [7, 11) is 1.92. The maximum absolute atomic E-state index is 14.9. The van der Waals surface area contributed by atoms with Crippen LogP contribution in [0, 0.1) is 24.1 Å². The van der Waals surface area contributed by atoms with E-state index in [1.807, 2.05) is 7.05 Å².